The summed E-state index contributed by atoms with van der Waals surface area (Å²) in [6.45, 7) is 1.62. The van der Waals surface area contributed by atoms with Gasteiger partial charge in [0.15, 0.2) is 11.5 Å². The summed E-state index contributed by atoms with van der Waals surface area (Å²) in [4.78, 5) is 28.4. The van der Waals surface area contributed by atoms with Gasteiger partial charge in [0.05, 0.1) is 18.2 Å². The zero-order valence-electron chi connectivity index (χ0n) is 13.9. The standard InChI is InChI=1S/C17H21ClN2O4/c1-19(2)17(22)13-5-3-6-20(13)16(21)11-9-12(18)15-14(10-11)23-7-4-8-24-15/h9-10,13H,3-8H2,1-2H3. The molecule has 0 radical (unpaired) electrons. The summed E-state index contributed by atoms with van der Waals surface area (Å²) in [5.74, 6) is 0.706. The summed E-state index contributed by atoms with van der Waals surface area (Å²) in [6, 6.07) is 2.83. The molecular formula is C17H21ClN2O4. The molecule has 2 aliphatic rings. The van der Waals surface area contributed by atoms with E-state index in [1.807, 2.05) is 0 Å². The second kappa shape index (κ2) is 6.89. The molecular weight excluding hydrogens is 332 g/mol. The van der Waals surface area contributed by atoms with Gasteiger partial charge in [-0.2, -0.15) is 0 Å². The van der Waals surface area contributed by atoms with Crippen molar-refractivity contribution in [1.29, 1.82) is 0 Å². The third kappa shape index (κ3) is 3.15. The van der Waals surface area contributed by atoms with Crippen LogP contribution in [0.2, 0.25) is 5.02 Å². The first-order chi connectivity index (χ1) is 11.5. The molecule has 0 aliphatic carbocycles. The molecule has 1 atom stereocenters. The second-order valence-corrected chi connectivity index (χ2v) is 6.63. The monoisotopic (exact) mass is 352 g/mol. The van der Waals surface area contributed by atoms with Crippen molar-refractivity contribution in [3.8, 4) is 11.5 Å². The topological polar surface area (TPSA) is 59.1 Å². The Morgan fingerprint density at radius 1 is 1.21 bits per heavy atom. The van der Waals surface area contributed by atoms with E-state index in [1.54, 1.807) is 31.1 Å². The van der Waals surface area contributed by atoms with Crippen molar-refractivity contribution in [2.75, 3.05) is 33.9 Å². The van der Waals surface area contributed by atoms with Gasteiger partial charge in [0.1, 0.15) is 6.04 Å². The van der Waals surface area contributed by atoms with Crippen molar-refractivity contribution in [3.05, 3.63) is 22.7 Å². The van der Waals surface area contributed by atoms with E-state index < -0.39 is 6.04 Å². The molecule has 0 bridgehead atoms. The van der Waals surface area contributed by atoms with Gasteiger partial charge in [-0.1, -0.05) is 11.6 Å². The largest absolute Gasteiger partial charge is 0.489 e. The third-order valence-corrected chi connectivity index (χ3v) is 4.57. The van der Waals surface area contributed by atoms with Crippen molar-refractivity contribution < 1.29 is 19.1 Å². The van der Waals surface area contributed by atoms with Gasteiger partial charge < -0.3 is 19.3 Å². The first kappa shape index (κ1) is 16.9. The third-order valence-electron chi connectivity index (χ3n) is 4.29. The molecule has 2 heterocycles. The summed E-state index contributed by atoms with van der Waals surface area (Å²) < 4.78 is 11.2. The van der Waals surface area contributed by atoms with Gasteiger partial charge in [0.25, 0.3) is 5.91 Å². The van der Waals surface area contributed by atoms with Gasteiger partial charge in [-0.3, -0.25) is 9.59 Å². The van der Waals surface area contributed by atoms with E-state index in [4.69, 9.17) is 21.1 Å². The summed E-state index contributed by atoms with van der Waals surface area (Å²) in [5, 5.41) is 0.354. The number of halogens is 1. The number of carbonyl (C=O) groups is 2. The summed E-state index contributed by atoms with van der Waals surface area (Å²) in [6.07, 6.45) is 2.26. The predicted octanol–water partition coefficient (Wildman–Crippen LogP) is 2.19. The van der Waals surface area contributed by atoms with Crippen molar-refractivity contribution in [1.82, 2.24) is 9.80 Å². The van der Waals surface area contributed by atoms with E-state index in [1.165, 1.54) is 4.90 Å². The van der Waals surface area contributed by atoms with Crippen LogP contribution in [-0.4, -0.2) is 61.5 Å². The molecule has 3 rings (SSSR count). The fraction of sp³-hybridized carbons (Fsp3) is 0.529. The van der Waals surface area contributed by atoms with E-state index in [0.29, 0.717) is 48.3 Å². The lowest BCUT2D eigenvalue weighted by Gasteiger charge is -2.26. The first-order valence-corrected chi connectivity index (χ1v) is 8.48. The van der Waals surface area contributed by atoms with Crippen LogP contribution in [-0.2, 0) is 4.79 Å². The number of likely N-dealkylation sites (tertiary alicyclic amines) is 1. The molecule has 1 unspecified atom stereocenters. The highest BCUT2D eigenvalue weighted by Crippen LogP contribution is 2.38. The Kier molecular flexibility index (Phi) is 4.85. The molecule has 0 N–H and O–H groups in total. The van der Waals surface area contributed by atoms with Crippen molar-refractivity contribution in [2.24, 2.45) is 0 Å². The maximum atomic E-state index is 12.9. The lowest BCUT2D eigenvalue weighted by molar-refractivity contribution is -0.132. The maximum Gasteiger partial charge on any atom is 0.254 e. The van der Waals surface area contributed by atoms with Crippen molar-refractivity contribution in [3.63, 3.8) is 0 Å². The van der Waals surface area contributed by atoms with Crippen LogP contribution in [0.25, 0.3) is 0 Å². The Bertz CT molecular complexity index is 662. The fourth-order valence-electron chi connectivity index (χ4n) is 3.08. The molecule has 0 aromatic heterocycles. The van der Waals surface area contributed by atoms with Gasteiger partial charge in [0, 0.05) is 32.6 Å². The number of amides is 2. The van der Waals surface area contributed by atoms with Gasteiger partial charge in [-0.05, 0) is 25.0 Å². The number of rotatable bonds is 2. The quantitative estimate of drug-likeness (QED) is 0.818. The van der Waals surface area contributed by atoms with Crippen molar-refractivity contribution in [2.45, 2.75) is 25.3 Å². The first-order valence-electron chi connectivity index (χ1n) is 8.10. The van der Waals surface area contributed by atoms with Crippen LogP contribution in [0.3, 0.4) is 0 Å². The zero-order chi connectivity index (χ0) is 17.3. The van der Waals surface area contributed by atoms with E-state index in [0.717, 1.165) is 12.8 Å². The van der Waals surface area contributed by atoms with Crippen LogP contribution < -0.4 is 9.47 Å². The van der Waals surface area contributed by atoms with Crippen LogP contribution in [0.4, 0.5) is 0 Å². The van der Waals surface area contributed by atoms with Crippen molar-refractivity contribution >= 4 is 23.4 Å². The van der Waals surface area contributed by atoms with E-state index in [2.05, 4.69) is 0 Å². The van der Waals surface area contributed by atoms with E-state index in [-0.39, 0.29) is 11.8 Å². The minimum atomic E-state index is -0.415. The lowest BCUT2D eigenvalue weighted by Crippen LogP contribution is -2.45. The Balaban J connectivity index is 1.88. The molecule has 24 heavy (non-hydrogen) atoms. The predicted molar refractivity (Wildman–Crippen MR) is 89.8 cm³/mol. The van der Waals surface area contributed by atoms with E-state index in [9.17, 15) is 9.59 Å². The molecule has 1 aromatic carbocycles. The fourth-order valence-corrected chi connectivity index (χ4v) is 3.35. The van der Waals surface area contributed by atoms with Crippen LogP contribution in [0.5, 0.6) is 11.5 Å². The van der Waals surface area contributed by atoms with Crippen LogP contribution in [0.1, 0.15) is 29.6 Å². The minimum absolute atomic E-state index is 0.0544. The summed E-state index contributed by atoms with van der Waals surface area (Å²) in [7, 11) is 3.40. The lowest BCUT2D eigenvalue weighted by atomic mass is 10.1. The second-order valence-electron chi connectivity index (χ2n) is 6.23. The molecule has 1 aromatic rings. The Hall–Kier alpha value is -1.95. The normalized spacial score (nSPS) is 19.8. The number of carbonyl (C=O) groups excluding carboxylic acids is 2. The minimum Gasteiger partial charge on any atom is -0.489 e. The molecule has 0 spiro atoms. The Labute approximate surface area is 146 Å². The molecule has 130 valence electrons. The average Bonchev–Trinajstić information content (AvgIpc) is 2.91. The average molecular weight is 353 g/mol. The Morgan fingerprint density at radius 3 is 2.71 bits per heavy atom. The molecule has 1 fully saturated rings. The molecule has 2 aliphatic heterocycles. The molecule has 2 amide bonds. The van der Waals surface area contributed by atoms with Crippen LogP contribution in [0, 0.1) is 0 Å². The maximum absolute atomic E-state index is 12.9. The highest BCUT2D eigenvalue weighted by atomic mass is 35.5. The molecule has 7 heteroatoms. The SMILES string of the molecule is CN(C)C(=O)C1CCCN1C(=O)c1cc(Cl)c2c(c1)OCCCO2. The molecule has 0 saturated carbocycles. The highest BCUT2D eigenvalue weighted by Gasteiger charge is 2.35. The summed E-state index contributed by atoms with van der Waals surface area (Å²) >= 11 is 6.27. The number of likely N-dealkylation sites (N-methyl/N-ethyl adjacent to an activating group) is 1. The zero-order valence-corrected chi connectivity index (χ0v) is 14.6. The molecule has 1 saturated heterocycles. The Morgan fingerprint density at radius 2 is 1.96 bits per heavy atom. The number of hydrogen-bond acceptors (Lipinski definition) is 4. The summed E-state index contributed by atoms with van der Waals surface area (Å²) in [5.41, 5.74) is 0.419. The van der Waals surface area contributed by atoms with Gasteiger partial charge in [0.2, 0.25) is 5.91 Å². The molecule has 6 nitrogen and oxygen atoms in total. The number of nitrogens with zero attached hydrogens (tertiary/aromatic N) is 2. The number of benzene rings is 1. The number of hydrogen-bond donors (Lipinski definition) is 0. The van der Waals surface area contributed by atoms with E-state index >= 15 is 0 Å². The van der Waals surface area contributed by atoms with Crippen LogP contribution in [0.15, 0.2) is 12.1 Å². The highest BCUT2D eigenvalue weighted by molar-refractivity contribution is 6.32. The van der Waals surface area contributed by atoms with Gasteiger partial charge in [-0.25, -0.2) is 0 Å². The van der Waals surface area contributed by atoms with Crippen LogP contribution >= 0.6 is 11.6 Å². The number of ether oxygens (including phenoxy) is 2. The smallest absolute Gasteiger partial charge is 0.254 e. The van der Waals surface area contributed by atoms with Gasteiger partial charge in [-0.15, -0.1) is 0 Å². The number of fused-ring (bicyclic) bond motifs is 1. The van der Waals surface area contributed by atoms with Gasteiger partial charge >= 0.3 is 0 Å².